The van der Waals surface area contributed by atoms with Crippen LogP contribution in [-0.4, -0.2) is 18.7 Å². The number of rotatable bonds is 2. The summed E-state index contributed by atoms with van der Waals surface area (Å²) in [5.41, 5.74) is 2.01. The Bertz CT molecular complexity index is 419. The molecule has 86 valence electrons. The summed E-state index contributed by atoms with van der Waals surface area (Å²) >= 11 is 3.41. The van der Waals surface area contributed by atoms with Crippen LogP contribution in [0.15, 0.2) is 22.7 Å². The monoisotopic (exact) mass is 283 g/mol. The highest BCUT2D eigenvalue weighted by Crippen LogP contribution is 2.28. The summed E-state index contributed by atoms with van der Waals surface area (Å²) < 4.78 is 6.26. The number of anilines is 1. The molecule has 0 spiro atoms. The van der Waals surface area contributed by atoms with E-state index >= 15 is 0 Å². The topological polar surface area (TPSA) is 29.5 Å². The summed E-state index contributed by atoms with van der Waals surface area (Å²) in [4.78, 5) is 13.4. The van der Waals surface area contributed by atoms with Crippen LogP contribution in [0.2, 0.25) is 0 Å². The van der Waals surface area contributed by atoms with Crippen molar-refractivity contribution in [3.8, 4) is 0 Å². The maximum atomic E-state index is 11.7. The van der Waals surface area contributed by atoms with E-state index in [2.05, 4.69) is 15.9 Å². The first kappa shape index (κ1) is 11.5. The van der Waals surface area contributed by atoms with Gasteiger partial charge in [0.05, 0.1) is 12.2 Å². The Kier molecular flexibility index (Phi) is 3.19. The first-order valence-corrected chi connectivity index (χ1v) is 6.15. The standard InChI is InChI=1S/C12H14BrNO2/c1-3-10-7-14(12(15)16-10)11-5-4-9(13)6-8(11)2/h4-6,10H,3,7H2,1-2H3. The molecule has 1 fully saturated rings. The molecule has 0 radical (unpaired) electrons. The van der Waals surface area contributed by atoms with E-state index < -0.39 is 0 Å². The average Bonchev–Trinajstić information content (AvgIpc) is 2.60. The van der Waals surface area contributed by atoms with E-state index in [4.69, 9.17) is 4.74 Å². The van der Waals surface area contributed by atoms with Gasteiger partial charge >= 0.3 is 6.09 Å². The van der Waals surface area contributed by atoms with Gasteiger partial charge in [-0.05, 0) is 37.1 Å². The Balaban J connectivity index is 2.28. The molecule has 1 aromatic rings. The molecule has 0 aliphatic carbocycles. The number of nitrogens with zero attached hydrogens (tertiary/aromatic N) is 1. The van der Waals surface area contributed by atoms with Gasteiger partial charge in [-0.3, -0.25) is 4.90 Å². The van der Waals surface area contributed by atoms with Crippen LogP contribution in [0.1, 0.15) is 18.9 Å². The molecule has 1 unspecified atom stereocenters. The van der Waals surface area contributed by atoms with Crippen LogP contribution < -0.4 is 4.90 Å². The number of carbonyl (C=O) groups is 1. The molecule has 1 amide bonds. The maximum Gasteiger partial charge on any atom is 0.414 e. The number of amides is 1. The van der Waals surface area contributed by atoms with Gasteiger partial charge in [-0.15, -0.1) is 0 Å². The van der Waals surface area contributed by atoms with Gasteiger partial charge in [0.25, 0.3) is 0 Å². The predicted molar refractivity (Wildman–Crippen MR) is 66.8 cm³/mol. The second-order valence-electron chi connectivity index (χ2n) is 3.96. The highest BCUT2D eigenvalue weighted by molar-refractivity contribution is 9.10. The summed E-state index contributed by atoms with van der Waals surface area (Å²) in [6.07, 6.45) is 0.644. The number of hydrogen-bond acceptors (Lipinski definition) is 2. The summed E-state index contributed by atoms with van der Waals surface area (Å²) in [5, 5.41) is 0. The zero-order chi connectivity index (χ0) is 11.7. The third kappa shape index (κ3) is 2.07. The van der Waals surface area contributed by atoms with E-state index in [-0.39, 0.29) is 12.2 Å². The largest absolute Gasteiger partial charge is 0.444 e. The zero-order valence-corrected chi connectivity index (χ0v) is 11.0. The van der Waals surface area contributed by atoms with Crippen molar-refractivity contribution in [3.05, 3.63) is 28.2 Å². The number of hydrogen-bond donors (Lipinski definition) is 0. The molecule has 0 bridgehead atoms. The van der Waals surface area contributed by atoms with Crippen molar-refractivity contribution < 1.29 is 9.53 Å². The van der Waals surface area contributed by atoms with Gasteiger partial charge in [0.15, 0.2) is 0 Å². The van der Waals surface area contributed by atoms with Crippen molar-refractivity contribution in [2.75, 3.05) is 11.4 Å². The van der Waals surface area contributed by atoms with Gasteiger partial charge in [0, 0.05) is 4.47 Å². The van der Waals surface area contributed by atoms with E-state index in [0.717, 1.165) is 22.1 Å². The molecule has 0 aromatic heterocycles. The van der Waals surface area contributed by atoms with Crippen molar-refractivity contribution in [1.82, 2.24) is 0 Å². The number of cyclic esters (lactones) is 1. The second kappa shape index (κ2) is 4.45. The third-order valence-corrected chi connectivity index (χ3v) is 3.27. The van der Waals surface area contributed by atoms with Crippen molar-refractivity contribution in [1.29, 1.82) is 0 Å². The van der Waals surface area contributed by atoms with Gasteiger partial charge in [0.1, 0.15) is 6.10 Å². The van der Waals surface area contributed by atoms with E-state index in [1.807, 2.05) is 32.0 Å². The number of halogens is 1. The molecular formula is C12H14BrNO2. The first-order valence-electron chi connectivity index (χ1n) is 5.36. The summed E-state index contributed by atoms with van der Waals surface area (Å²) in [7, 11) is 0. The molecule has 16 heavy (non-hydrogen) atoms. The minimum absolute atomic E-state index is 0.0237. The lowest BCUT2D eigenvalue weighted by molar-refractivity contribution is 0.139. The van der Waals surface area contributed by atoms with Crippen LogP contribution in [-0.2, 0) is 4.74 Å². The number of aryl methyl sites for hydroxylation is 1. The summed E-state index contributed by atoms with van der Waals surface area (Å²) in [5.74, 6) is 0. The van der Waals surface area contributed by atoms with E-state index in [0.29, 0.717) is 6.54 Å². The highest BCUT2D eigenvalue weighted by atomic mass is 79.9. The molecule has 4 heteroatoms. The fraction of sp³-hybridized carbons (Fsp3) is 0.417. The van der Waals surface area contributed by atoms with Crippen LogP contribution in [0.4, 0.5) is 10.5 Å². The molecule has 0 N–H and O–H groups in total. The minimum atomic E-state index is -0.239. The fourth-order valence-corrected chi connectivity index (χ4v) is 2.33. The van der Waals surface area contributed by atoms with Gasteiger partial charge in [-0.2, -0.15) is 0 Å². The zero-order valence-electron chi connectivity index (χ0n) is 9.37. The molecule has 1 atom stereocenters. The lowest BCUT2D eigenvalue weighted by atomic mass is 10.2. The molecule has 2 rings (SSSR count). The Morgan fingerprint density at radius 3 is 2.88 bits per heavy atom. The van der Waals surface area contributed by atoms with E-state index in [1.54, 1.807) is 4.90 Å². The second-order valence-corrected chi connectivity index (χ2v) is 4.87. The van der Waals surface area contributed by atoms with Crippen molar-refractivity contribution in [2.45, 2.75) is 26.4 Å². The molecule has 1 aromatic carbocycles. The molecule has 1 aliphatic rings. The average molecular weight is 284 g/mol. The molecule has 3 nitrogen and oxygen atoms in total. The summed E-state index contributed by atoms with van der Waals surface area (Å²) in [6, 6.07) is 5.88. The van der Waals surface area contributed by atoms with Crippen LogP contribution in [0.25, 0.3) is 0 Å². The molecule has 0 saturated carbocycles. The van der Waals surface area contributed by atoms with Gasteiger partial charge in [0.2, 0.25) is 0 Å². The van der Waals surface area contributed by atoms with Gasteiger partial charge in [-0.25, -0.2) is 4.79 Å². The number of benzene rings is 1. The Morgan fingerprint density at radius 2 is 2.31 bits per heavy atom. The molecular weight excluding hydrogens is 270 g/mol. The van der Waals surface area contributed by atoms with Crippen LogP contribution in [0, 0.1) is 6.92 Å². The fourth-order valence-electron chi connectivity index (χ4n) is 1.85. The van der Waals surface area contributed by atoms with Crippen LogP contribution in [0.5, 0.6) is 0 Å². The molecule has 1 saturated heterocycles. The van der Waals surface area contributed by atoms with Gasteiger partial charge in [-0.1, -0.05) is 22.9 Å². The van der Waals surface area contributed by atoms with Crippen LogP contribution in [0.3, 0.4) is 0 Å². The number of carbonyl (C=O) groups excluding carboxylic acids is 1. The van der Waals surface area contributed by atoms with E-state index in [9.17, 15) is 4.79 Å². The van der Waals surface area contributed by atoms with Gasteiger partial charge < -0.3 is 4.74 Å². The predicted octanol–water partition coefficient (Wildman–Crippen LogP) is 3.49. The Morgan fingerprint density at radius 1 is 1.56 bits per heavy atom. The lowest BCUT2D eigenvalue weighted by Crippen LogP contribution is -2.25. The highest BCUT2D eigenvalue weighted by Gasteiger charge is 2.31. The lowest BCUT2D eigenvalue weighted by Gasteiger charge is -2.15. The third-order valence-electron chi connectivity index (χ3n) is 2.78. The van der Waals surface area contributed by atoms with Crippen molar-refractivity contribution >= 4 is 27.7 Å². The minimum Gasteiger partial charge on any atom is -0.444 e. The van der Waals surface area contributed by atoms with Crippen LogP contribution >= 0.6 is 15.9 Å². The van der Waals surface area contributed by atoms with Crippen molar-refractivity contribution in [3.63, 3.8) is 0 Å². The summed E-state index contributed by atoms with van der Waals surface area (Å²) in [6.45, 7) is 4.67. The SMILES string of the molecule is CCC1CN(c2ccc(Br)cc2C)C(=O)O1. The maximum absolute atomic E-state index is 11.7. The normalized spacial score (nSPS) is 20.1. The molecule has 1 aliphatic heterocycles. The number of ether oxygens (including phenoxy) is 1. The first-order chi connectivity index (χ1) is 7.61. The van der Waals surface area contributed by atoms with E-state index in [1.165, 1.54) is 0 Å². The molecule has 1 heterocycles. The van der Waals surface area contributed by atoms with Crippen molar-refractivity contribution in [2.24, 2.45) is 0 Å². The quantitative estimate of drug-likeness (QED) is 0.832. The Labute approximate surface area is 104 Å². The smallest absolute Gasteiger partial charge is 0.414 e. The Hall–Kier alpha value is -1.03.